The van der Waals surface area contributed by atoms with E-state index in [1.807, 2.05) is 0 Å². The van der Waals surface area contributed by atoms with Crippen LogP contribution in [-0.4, -0.2) is 28.7 Å². The number of hydrogen-bond acceptors (Lipinski definition) is 4. The van der Waals surface area contributed by atoms with Gasteiger partial charge in [0, 0.05) is 35.8 Å². The Morgan fingerprint density at radius 2 is 1.67 bits per heavy atom. The predicted molar refractivity (Wildman–Crippen MR) is 150 cm³/mol. The van der Waals surface area contributed by atoms with Crippen molar-refractivity contribution in [2.75, 3.05) is 10.2 Å². The lowest BCUT2D eigenvalue weighted by atomic mass is 9.94. The number of aromatic nitrogens is 1. The van der Waals surface area contributed by atoms with Gasteiger partial charge in [0.15, 0.2) is 0 Å². The monoisotopic (exact) mass is 550 g/mol. The van der Waals surface area contributed by atoms with Crippen LogP contribution in [0.4, 0.5) is 15.9 Å². The van der Waals surface area contributed by atoms with E-state index in [0.717, 1.165) is 32.1 Å². The van der Waals surface area contributed by atoms with Gasteiger partial charge in [-0.25, -0.2) is 9.37 Å². The minimum Gasteiger partial charge on any atom is -0.351 e. The molecule has 0 spiro atoms. The summed E-state index contributed by atoms with van der Waals surface area (Å²) in [6.07, 6.45) is 6.93. The van der Waals surface area contributed by atoms with Gasteiger partial charge in [0.25, 0.3) is 0 Å². The van der Waals surface area contributed by atoms with Gasteiger partial charge in [-0.05, 0) is 73.4 Å². The van der Waals surface area contributed by atoms with Gasteiger partial charge < -0.3 is 10.6 Å². The number of carbonyl (C=O) groups is 3. The van der Waals surface area contributed by atoms with Crippen LogP contribution in [0.5, 0.6) is 0 Å². The second-order valence-electron chi connectivity index (χ2n) is 9.65. The molecule has 0 saturated heterocycles. The third-order valence-electron chi connectivity index (χ3n) is 6.74. The van der Waals surface area contributed by atoms with Gasteiger partial charge in [-0.1, -0.05) is 49.1 Å². The molecule has 39 heavy (non-hydrogen) atoms. The molecular weight excluding hydrogens is 519 g/mol. The molecule has 204 valence electrons. The lowest BCUT2D eigenvalue weighted by Crippen LogP contribution is -2.47. The largest absolute Gasteiger partial charge is 0.351 e. The minimum atomic E-state index is -0.996. The standard InChI is InChI=1S/C30H32ClFN4O3/c31-22-14-12-21(13-15-22)29(30(39)34-24-7-2-1-3-8-24)36(25-18-16-23(32)17-19-25)28(38)11-6-10-27(37)35-26-9-4-5-20-33-26/h4-5,9,12-20,24,29H,1-3,6-8,10-11H2,(H,34,39)(H,33,35,37). The van der Waals surface area contributed by atoms with Crippen molar-refractivity contribution < 1.29 is 18.8 Å². The van der Waals surface area contributed by atoms with Gasteiger partial charge in [0.2, 0.25) is 17.7 Å². The fourth-order valence-corrected chi connectivity index (χ4v) is 4.92. The minimum absolute atomic E-state index is 0.00775. The molecule has 1 aromatic heterocycles. The molecule has 1 aliphatic rings. The lowest BCUT2D eigenvalue weighted by Gasteiger charge is -2.33. The second kappa shape index (κ2) is 13.8. The van der Waals surface area contributed by atoms with Crippen LogP contribution in [0.3, 0.4) is 0 Å². The van der Waals surface area contributed by atoms with Crippen molar-refractivity contribution in [3.05, 3.63) is 89.3 Å². The maximum absolute atomic E-state index is 13.8. The SMILES string of the molecule is O=C(CCCC(=O)N(c1ccc(F)cc1)C(C(=O)NC1CCCCC1)c1ccc(Cl)cc1)Nc1ccccn1. The first-order valence-corrected chi connectivity index (χ1v) is 13.6. The number of carbonyl (C=O) groups excluding carboxylic acids is 3. The predicted octanol–water partition coefficient (Wildman–Crippen LogP) is 6.21. The summed E-state index contributed by atoms with van der Waals surface area (Å²) in [5.41, 5.74) is 0.969. The van der Waals surface area contributed by atoms with Crippen molar-refractivity contribution in [3.8, 4) is 0 Å². The maximum atomic E-state index is 13.8. The quantitative estimate of drug-likeness (QED) is 0.314. The molecule has 1 heterocycles. The van der Waals surface area contributed by atoms with Crippen molar-refractivity contribution in [3.63, 3.8) is 0 Å². The number of rotatable bonds is 10. The Labute approximate surface area is 232 Å². The van der Waals surface area contributed by atoms with E-state index in [1.54, 1.807) is 48.7 Å². The van der Waals surface area contributed by atoms with Crippen LogP contribution in [0.25, 0.3) is 0 Å². The molecule has 1 fully saturated rings. The molecule has 2 N–H and O–H groups in total. The average molecular weight is 551 g/mol. The molecular formula is C30H32ClFN4O3. The molecule has 1 atom stereocenters. The van der Waals surface area contributed by atoms with Crippen LogP contribution in [0.2, 0.25) is 5.02 Å². The molecule has 1 saturated carbocycles. The van der Waals surface area contributed by atoms with Crippen LogP contribution in [0.1, 0.15) is 63.0 Å². The summed E-state index contributed by atoms with van der Waals surface area (Å²) in [7, 11) is 0. The first kappa shape index (κ1) is 28.2. The molecule has 9 heteroatoms. The Morgan fingerprint density at radius 3 is 2.33 bits per heavy atom. The Kier molecular flexibility index (Phi) is 10.0. The molecule has 3 amide bonds. The number of anilines is 2. The van der Waals surface area contributed by atoms with Crippen molar-refractivity contribution in [1.29, 1.82) is 0 Å². The Bertz CT molecular complexity index is 1250. The maximum Gasteiger partial charge on any atom is 0.248 e. The highest BCUT2D eigenvalue weighted by Gasteiger charge is 2.34. The number of nitrogens with zero attached hydrogens (tertiary/aromatic N) is 2. The molecule has 3 aromatic rings. The zero-order chi connectivity index (χ0) is 27.6. The normalized spacial score (nSPS) is 14.3. The number of hydrogen-bond donors (Lipinski definition) is 2. The summed E-state index contributed by atoms with van der Waals surface area (Å²) in [5, 5.41) is 6.35. The molecule has 7 nitrogen and oxygen atoms in total. The van der Waals surface area contributed by atoms with Crippen molar-refractivity contribution in [2.45, 2.75) is 63.5 Å². The molecule has 2 aromatic carbocycles. The third-order valence-corrected chi connectivity index (χ3v) is 7.00. The number of amides is 3. The first-order chi connectivity index (χ1) is 18.9. The summed E-state index contributed by atoms with van der Waals surface area (Å²) in [6.45, 7) is 0. The zero-order valence-electron chi connectivity index (χ0n) is 21.6. The summed E-state index contributed by atoms with van der Waals surface area (Å²) < 4.78 is 13.8. The summed E-state index contributed by atoms with van der Waals surface area (Å²) >= 11 is 6.12. The summed E-state index contributed by atoms with van der Waals surface area (Å²) in [5.74, 6) is -0.948. The summed E-state index contributed by atoms with van der Waals surface area (Å²) in [4.78, 5) is 45.4. The van der Waals surface area contributed by atoms with Crippen LogP contribution in [0.15, 0.2) is 72.9 Å². The van der Waals surface area contributed by atoms with E-state index in [2.05, 4.69) is 15.6 Å². The van der Waals surface area contributed by atoms with E-state index >= 15 is 0 Å². The molecule has 1 aliphatic carbocycles. The fourth-order valence-electron chi connectivity index (χ4n) is 4.79. The van der Waals surface area contributed by atoms with E-state index in [4.69, 9.17) is 11.6 Å². The Balaban J connectivity index is 1.56. The van der Waals surface area contributed by atoms with Crippen molar-refractivity contribution in [2.24, 2.45) is 0 Å². The van der Waals surface area contributed by atoms with Crippen molar-refractivity contribution in [1.82, 2.24) is 10.3 Å². The first-order valence-electron chi connectivity index (χ1n) is 13.2. The third kappa shape index (κ3) is 8.10. The van der Waals surface area contributed by atoms with Crippen LogP contribution in [-0.2, 0) is 14.4 Å². The smallest absolute Gasteiger partial charge is 0.248 e. The zero-order valence-corrected chi connectivity index (χ0v) is 22.4. The van der Waals surface area contributed by atoms with Crippen molar-refractivity contribution >= 4 is 40.8 Å². The lowest BCUT2D eigenvalue weighted by molar-refractivity contribution is -0.127. The van der Waals surface area contributed by atoms with Gasteiger partial charge in [0.1, 0.15) is 17.7 Å². The van der Waals surface area contributed by atoms with E-state index in [9.17, 15) is 18.8 Å². The molecule has 0 radical (unpaired) electrons. The van der Waals surface area contributed by atoms with E-state index < -0.39 is 11.9 Å². The molecule has 1 unspecified atom stereocenters. The summed E-state index contributed by atoms with van der Waals surface area (Å²) in [6, 6.07) is 16.5. The number of nitrogens with one attached hydrogen (secondary N) is 2. The average Bonchev–Trinajstić information content (AvgIpc) is 2.94. The highest BCUT2D eigenvalue weighted by molar-refractivity contribution is 6.30. The van der Waals surface area contributed by atoms with Gasteiger partial charge >= 0.3 is 0 Å². The van der Waals surface area contributed by atoms with Crippen LogP contribution >= 0.6 is 11.6 Å². The van der Waals surface area contributed by atoms with Gasteiger partial charge in [-0.3, -0.25) is 19.3 Å². The van der Waals surface area contributed by atoms with E-state index in [0.29, 0.717) is 22.1 Å². The van der Waals surface area contributed by atoms with E-state index in [1.165, 1.54) is 29.2 Å². The fraction of sp³-hybridized carbons (Fsp3) is 0.333. The highest BCUT2D eigenvalue weighted by atomic mass is 35.5. The highest BCUT2D eigenvalue weighted by Crippen LogP contribution is 2.31. The van der Waals surface area contributed by atoms with Crippen LogP contribution < -0.4 is 15.5 Å². The number of benzene rings is 2. The second-order valence-corrected chi connectivity index (χ2v) is 10.1. The Morgan fingerprint density at radius 1 is 0.949 bits per heavy atom. The van der Waals surface area contributed by atoms with Gasteiger partial charge in [-0.2, -0.15) is 0 Å². The molecule has 4 rings (SSSR count). The number of pyridine rings is 1. The molecule has 0 bridgehead atoms. The number of halogens is 2. The Hall–Kier alpha value is -3.78. The van der Waals surface area contributed by atoms with Crippen LogP contribution in [0, 0.1) is 5.82 Å². The van der Waals surface area contributed by atoms with E-state index in [-0.39, 0.29) is 43.0 Å². The van der Waals surface area contributed by atoms with Gasteiger partial charge in [-0.15, -0.1) is 0 Å². The topological polar surface area (TPSA) is 91.4 Å². The van der Waals surface area contributed by atoms with Gasteiger partial charge in [0.05, 0.1) is 0 Å². The molecule has 0 aliphatic heterocycles.